The predicted molar refractivity (Wildman–Crippen MR) is 270 cm³/mol. The molecule has 0 fully saturated rings. The van der Waals surface area contributed by atoms with Crippen LogP contribution < -0.4 is 0 Å². The van der Waals surface area contributed by atoms with Gasteiger partial charge in [-0.15, -0.1) is 0 Å². The Bertz CT molecular complexity index is 1240. The van der Waals surface area contributed by atoms with Gasteiger partial charge in [0.15, 0.2) is 6.10 Å². The van der Waals surface area contributed by atoms with E-state index in [1.54, 1.807) is 0 Å². The summed E-state index contributed by atoms with van der Waals surface area (Å²) >= 11 is 0. The highest BCUT2D eigenvalue weighted by Crippen LogP contribution is 2.13. The minimum absolute atomic E-state index is 0.101. The van der Waals surface area contributed by atoms with Crippen molar-refractivity contribution in [2.75, 3.05) is 13.2 Å². The minimum Gasteiger partial charge on any atom is -0.462 e. The van der Waals surface area contributed by atoms with Gasteiger partial charge in [0.2, 0.25) is 0 Å². The van der Waals surface area contributed by atoms with E-state index >= 15 is 0 Å². The number of ether oxygens (including phenoxy) is 3. The van der Waals surface area contributed by atoms with E-state index in [0.717, 1.165) is 96.3 Å². The van der Waals surface area contributed by atoms with Gasteiger partial charge >= 0.3 is 17.9 Å². The molecule has 6 heteroatoms. The topological polar surface area (TPSA) is 78.9 Å². The van der Waals surface area contributed by atoms with Gasteiger partial charge in [0.25, 0.3) is 0 Å². The van der Waals surface area contributed by atoms with E-state index in [-0.39, 0.29) is 37.5 Å². The van der Waals surface area contributed by atoms with Crippen LogP contribution in [-0.2, 0) is 28.6 Å². The number of carbonyl (C=O) groups is 3. The van der Waals surface area contributed by atoms with Crippen LogP contribution in [0.2, 0.25) is 0 Å². The van der Waals surface area contributed by atoms with Crippen LogP contribution in [0.25, 0.3) is 0 Å². The molecule has 1 atom stereocenters. The summed E-state index contributed by atoms with van der Waals surface area (Å²) in [6, 6.07) is 0. The van der Waals surface area contributed by atoms with E-state index < -0.39 is 6.10 Å². The summed E-state index contributed by atoms with van der Waals surface area (Å²) in [7, 11) is 0. The van der Waals surface area contributed by atoms with Crippen LogP contribution in [0.5, 0.6) is 0 Å². The summed E-state index contributed by atoms with van der Waals surface area (Å²) < 4.78 is 16.7. The smallest absolute Gasteiger partial charge is 0.306 e. The highest BCUT2D eigenvalue weighted by atomic mass is 16.6. The second-order valence-corrected chi connectivity index (χ2v) is 17.1. The van der Waals surface area contributed by atoms with Crippen molar-refractivity contribution in [2.24, 2.45) is 0 Å². The molecule has 0 saturated heterocycles. The van der Waals surface area contributed by atoms with Crippen molar-refractivity contribution >= 4 is 17.9 Å². The Kier molecular flexibility index (Phi) is 48.5. The Hall–Kier alpha value is -3.41. The molecule has 0 unspecified atom stereocenters. The molecule has 6 nitrogen and oxygen atoms in total. The molecule has 0 heterocycles. The van der Waals surface area contributed by atoms with Gasteiger partial charge in [-0.25, -0.2) is 0 Å². The molecule has 0 radical (unpaired) electrons. The third kappa shape index (κ3) is 49.5. The summed E-state index contributed by atoms with van der Waals surface area (Å²) in [5.74, 6) is -0.973. The molecule has 0 aliphatic rings. The van der Waals surface area contributed by atoms with Crippen LogP contribution in [0.1, 0.15) is 239 Å². The molecule has 0 spiro atoms. The van der Waals surface area contributed by atoms with E-state index in [1.807, 2.05) is 0 Å². The maximum absolute atomic E-state index is 12.8. The first-order valence-corrected chi connectivity index (χ1v) is 26.1. The molecule has 0 N–H and O–H groups in total. The van der Waals surface area contributed by atoms with E-state index in [4.69, 9.17) is 14.2 Å². The van der Waals surface area contributed by atoms with Gasteiger partial charge in [-0.3, -0.25) is 14.4 Å². The molecule has 0 rings (SSSR count). The molecule has 0 aromatic carbocycles. The predicted octanol–water partition coefficient (Wildman–Crippen LogP) is 17.2. The summed E-state index contributed by atoms with van der Waals surface area (Å²) in [5, 5.41) is 0. The fourth-order valence-corrected chi connectivity index (χ4v) is 6.90. The van der Waals surface area contributed by atoms with Gasteiger partial charge < -0.3 is 14.2 Å². The second kappa shape index (κ2) is 51.2. The lowest BCUT2D eigenvalue weighted by Crippen LogP contribution is -2.30. The van der Waals surface area contributed by atoms with Gasteiger partial charge in [0, 0.05) is 19.3 Å². The van der Waals surface area contributed by atoms with Crippen molar-refractivity contribution in [1.29, 1.82) is 0 Å². The molecule has 63 heavy (non-hydrogen) atoms. The Morgan fingerprint density at radius 2 is 0.571 bits per heavy atom. The van der Waals surface area contributed by atoms with Crippen LogP contribution in [-0.4, -0.2) is 37.2 Å². The lowest BCUT2D eigenvalue weighted by Gasteiger charge is -2.18. The fourth-order valence-electron chi connectivity index (χ4n) is 6.90. The third-order valence-electron chi connectivity index (χ3n) is 10.9. The van der Waals surface area contributed by atoms with Crippen LogP contribution in [0.15, 0.2) is 85.1 Å². The second-order valence-electron chi connectivity index (χ2n) is 17.1. The van der Waals surface area contributed by atoms with E-state index in [2.05, 4.69) is 106 Å². The zero-order chi connectivity index (χ0) is 45.8. The van der Waals surface area contributed by atoms with Crippen molar-refractivity contribution in [3.05, 3.63) is 85.1 Å². The minimum atomic E-state index is -0.807. The Labute approximate surface area is 388 Å². The van der Waals surface area contributed by atoms with Crippen LogP contribution in [0.3, 0.4) is 0 Å². The molecule has 0 saturated carbocycles. The van der Waals surface area contributed by atoms with Gasteiger partial charge in [0.1, 0.15) is 13.2 Å². The SMILES string of the molecule is CCCCC/C=C\C/C=C\C/C=C\C/C=C\CCCCCC(=O)O[C@H](COC(=O)CCCC/C=C\C/C=C\C/C=C\CCCCC)COC(=O)CCCCCCCCCCCCC. The number of hydrogen-bond acceptors (Lipinski definition) is 6. The average Bonchev–Trinajstić information content (AvgIpc) is 3.28. The van der Waals surface area contributed by atoms with Crippen molar-refractivity contribution in [3.63, 3.8) is 0 Å². The van der Waals surface area contributed by atoms with E-state index in [1.165, 1.54) is 103 Å². The molecule has 0 aliphatic carbocycles. The Morgan fingerprint density at radius 3 is 0.952 bits per heavy atom. The maximum atomic E-state index is 12.8. The molecule has 0 aliphatic heterocycles. The van der Waals surface area contributed by atoms with Crippen molar-refractivity contribution in [1.82, 2.24) is 0 Å². The highest BCUT2D eigenvalue weighted by molar-refractivity contribution is 5.71. The largest absolute Gasteiger partial charge is 0.462 e. The standard InChI is InChI=1S/C57H96O6/c1-4-7-10-13-16-19-22-24-26-27-28-29-31-33-36-39-42-45-48-51-57(60)63-54(52-61-55(58)49-46-43-40-37-34-21-18-15-12-9-6-3)53-62-56(59)50-47-44-41-38-35-32-30-25-23-20-17-14-11-8-5-2/h16-17,19-20,24-26,28-30,33,35-36,38,54H,4-15,18,21-23,27,31-32,34,37,39-53H2,1-3H3/b19-16-,20-17-,26-24-,29-28-,30-25-,36-33-,38-35-/t54-/m0/s1. The number of esters is 3. The van der Waals surface area contributed by atoms with Gasteiger partial charge in [0.05, 0.1) is 0 Å². The first-order chi connectivity index (χ1) is 31.0. The Morgan fingerprint density at radius 1 is 0.317 bits per heavy atom. The summed E-state index contributed by atoms with van der Waals surface area (Å²) in [6.07, 6.45) is 65.6. The molecular formula is C57H96O6. The lowest BCUT2D eigenvalue weighted by atomic mass is 10.1. The number of unbranched alkanes of at least 4 members (excludes halogenated alkanes) is 21. The third-order valence-corrected chi connectivity index (χ3v) is 10.9. The molecule has 0 aromatic rings. The van der Waals surface area contributed by atoms with Gasteiger partial charge in [-0.2, -0.15) is 0 Å². The van der Waals surface area contributed by atoms with Crippen LogP contribution >= 0.6 is 0 Å². The first-order valence-electron chi connectivity index (χ1n) is 26.1. The number of rotatable bonds is 46. The molecule has 0 bridgehead atoms. The lowest BCUT2D eigenvalue weighted by molar-refractivity contribution is -0.167. The van der Waals surface area contributed by atoms with E-state index in [9.17, 15) is 14.4 Å². The highest BCUT2D eigenvalue weighted by Gasteiger charge is 2.19. The number of allylic oxidation sites excluding steroid dienone is 14. The van der Waals surface area contributed by atoms with Gasteiger partial charge in [-0.05, 0) is 103 Å². The summed E-state index contributed by atoms with van der Waals surface area (Å²) in [5.41, 5.74) is 0. The van der Waals surface area contributed by atoms with Crippen LogP contribution in [0, 0.1) is 0 Å². The number of hydrogen-bond donors (Lipinski definition) is 0. The summed E-state index contributed by atoms with van der Waals surface area (Å²) in [4.78, 5) is 37.9. The van der Waals surface area contributed by atoms with Crippen LogP contribution in [0.4, 0.5) is 0 Å². The first kappa shape index (κ1) is 59.6. The zero-order valence-corrected chi connectivity index (χ0v) is 41.1. The van der Waals surface area contributed by atoms with E-state index in [0.29, 0.717) is 12.8 Å². The van der Waals surface area contributed by atoms with Crippen molar-refractivity contribution < 1.29 is 28.6 Å². The zero-order valence-electron chi connectivity index (χ0n) is 41.1. The normalized spacial score (nSPS) is 12.7. The average molecular weight is 877 g/mol. The molecular weight excluding hydrogens is 781 g/mol. The van der Waals surface area contributed by atoms with Crippen molar-refractivity contribution in [3.8, 4) is 0 Å². The fraction of sp³-hybridized carbons (Fsp3) is 0.702. The molecule has 360 valence electrons. The molecule has 0 aromatic heterocycles. The monoisotopic (exact) mass is 877 g/mol. The summed E-state index contributed by atoms with van der Waals surface area (Å²) in [6.45, 7) is 6.51. The number of carbonyl (C=O) groups excluding carboxylic acids is 3. The molecule has 0 amide bonds. The quantitative estimate of drug-likeness (QED) is 0.0262. The van der Waals surface area contributed by atoms with Gasteiger partial charge in [-0.1, -0.05) is 202 Å². The van der Waals surface area contributed by atoms with Crippen molar-refractivity contribution in [2.45, 2.75) is 245 Å². The maximum Gasteiger partial charge on any atom is 0.306 e. The Balaban J connectivity index is 4.50.